The van der Waals surface area contributed by atoms with E-state index in [9.17, 15) is 14.4 Å². The first-order valence-electron chi connectivity index (χ1n) is 10.6. The number of rotatable bonds is 9. The Morgan fingerprint density at radius 2 is 1.94 bits per heavy atom. The first-order chi connectivity index (χ1) is 15.5. The van der Waals surface area contributed by atoms with E-state index in [0.717, 1.165) is 52.1 Å². The Bertz CT molecular complexity index is 1140. The van der Waals surface area contributed by atoms with Crippen molar-refractivity contribution in [3.8, 4) is 22.3 Å². The molecule has 0 atom stereocenters. The Kier molecular flexibility index (Phi) is 6.57. The van der Waals surface area contributed by atoms with Crippen LogP contribution in [0.2, 0.25) is 0 Å². The van der Waals surface area contributed by atoms with E-state index in [2.05, 4.69) is 10.8 Å². The number of nitrogens with zero attached hydrogens (tertiary/aromatic N) is 1. The molecule has 6 heteroatoms. The molecule has 164 valence electrons. The van der Waals surface area contributed by atoms with Crippen molar-refractivity contribution < 1.29 is 18.7 Å². The summed E-state index contributed by atoms with van der Waals surface area (Å²) in [6.45, 7) is 0.241. The fourth-order valence-electron chi connectivity index (χ4n) is 3.65. The molecule has 0 aliphatic heterocycles. The van der Waals surface area contributed by atoms with Crippen LogP contribution in [0.25, 0.3) is 10.4 Å². The molecule has 0 bridgehead atoms. The number of ether oxygens (including phenoxy) is 2. The van der Waals surface area contributed by atoms with Crippen molar-refractivity contribution in [1.82, 2.24) is 0 Å². The molecular weight excluding hydrogens is 425 g/mol. The van der Waals surface area contributed by atoms with Crippen molar-refractivity contribution in [2.45, 2.75) is 44.1 Å². The third kappa shape index (κ3) is 5.00. The monoisotopic (exact) mass is 449 g/mol. The second-order valence-electron chi connectivity index (χ2n) is 8.02. The lowest BCUT2D eigenvalue weighted by Crippen LogP contribution is -2.01. The van der Waals surface area contributed by atoms with Crippen LogP contribution in [0.15, 0.2) is 54.6 Å². The van der Waals surface area contributed by atoms with Gasteiger partial charge in [0.15, 0.2) is 0 Å². The molecule has 1 saturated carbocycles. The van der Waals surface area contributed by atoms with Gasteiger partial charge in [0.05, 0.1) is 18.6 Å². The lowest BCUT2D eigenvalue weighted by molar-refractivity contribution is -0.140. The molecule has 0 saturated heterocycles. The highest BCUT2D eigenvalue weighted by Crippen LogP contribution is 2.51. The number of hydrogen-bond donors (Lipinski definition) is 0. The minimum absolute atomic E-state index is 0.200. The standard InChI is InChI=1S/C26H24FNO3S/c1-30-25(29)4-2-3-18-5-8-21(9-6-18)31-16-19-15-20(27)7-10-22(19)23-11-12-24(32-23)26(17-28)13-14-26/h5-12,15H,2-4,13-14,16H2,1H3. The molecule has 3 aromatic rings. The predicted octanol–water partition coefficient (Wildman–Crippen LogP) is 6.18. The van der Waals surface area contributed by atoms with Gasteiger partial charge in [-0.3, -0.25) is 4.79 Å². The number of esters is 1. The maximum Gasteiger partial charge on any atom is 0.305 e. The maximum absolute atomic E-state index is 14.0. The van der Waals surface area contributed by atoms with E-state index < -0.39 is 0 Å². The Morgan fingerprint density at radius 3 is 2.62 bits per heavy atom. The van der Waals surface area contributed by atoms with Crippen LogP contribution in [-0.2, 0) is 28.0 Å². The minimum atomic E-state index is -0.321. The number of halogens is 1. The van der Waals surface area contributed by atoms with Gasteiger partial charge in [-0.15, -0.1) is 11.3 Å². The molecule has 2 aromatic carbocycles. The number of hydrogen-bond acceptors (Lipinski definition) is 5. The van der Waals surface area contributed by atoms with Crippen molar-refractivity contribution in [3.63, 3.8) is 0 Å². The van der Waals surface area contributed by atoms with Crippen LogP contribution < -0.4 is 4.74 Å². The van der Waals surface area contributed by atoms with Gasteiger partial charge in [-0.05, 0) is 73.2 Å². The summed E-state index contributed by atoms with van der Waals surface area (Å²) in [7, 11) is 1.39. The highest BCUT2D eigenvalue weighted by Gasteiger charge is 2.46. The van der Waals surface area contributed by atoms with Gasteiger partial charge in [0, 0.05) is 21.7 Å². The van der Waals surface area contributed by atoms with E-state index in [1.54, 1.807) is 17.4 Å². The zero-order chi connectivity index (χ0) is 22.6. The predicted molar refractivity (Wildman–Crippen MR) is 122 cm³/mol. The third-order valence-corrected chi connectivity index (χ3v) is 7.09. The van der Waals surface area contributed by atoms with E-state index in [0.29, 0.717) is 12.2 Å². The SMILES string of the molecule is COC(=O)CCCc1ccc(OCc2cc(F)ccc2-c2ccc(C3(C#N)CC3)s2)cc1. The van der Waals surface area contributed by atoms with Crippen molar-refractivity contribution in [2.24, 2.45) is 0 Å². The summed E-state index contributed by atoms with van der Waals surface area (Å²) in [4.78, 5) is 13.3. The molecule has 0 spiro atoms. The van der Waals surface area contributed by atoms with Crippen LogP contribution in [0.5, 0.6) is 5.75 Å². The largest absolute Gasteiger partial charge is 0.489 e. The smallest absolute Gasteiger partial charge is 0.305 e. The lowest BCUT2D eigenvalue weighted by Gasteiger charge is -2.11. The number of nitriles is 1. The third-order valence-electron chi connectivity index (χ3n) is 5.77. The minimum Gasteiger partial charge on any atom is -0.489 e. The number of aryl methyl sites for hydroxylation is 1. The topological polar surface area (TPSA) is 59.3 Å². The van der Waals surface area contributed by atoms with E-state index in [-0.39, 0.29) is 23.8 Å². The van der Waals surface area contributed by atoms with Crippen LogP contribution in [0.3, 0.4) is 0 Å². The van der Waals surface area contributed by atoms with Crippen molar-refractivity contribution in [1.29, 1.82) is 5.26 Å². The summed E-state index contributed by atoms with van der Waals surface area (Å²) < 4.78 is 24.6. The van der Waals surface area contributed by atoms with Crippen molar-refractivity contribution >= 4 is 17.3 Å². The van der Waals surface area contributed by atoms with Gasteiger partial charge in [-0.25, -0.2) is 4.39 Å². The summed E-state index contributed by atoms with van der Waals surface area (Å²) in [5, 5.41) is 9.46. The molecule has 1 aliphatic rings. The Hall–Kier alpha value is -3.17. The molecule has 0 radical (unpaired) electrons. The van der Waals surface area contributed by atoms with Gasteiger partial charge in [0.1, 0.15) is 18.2 Å². The highest BCUT2D eigenvalue weighted by atomic mass is 32.1. The number of carbonyl (C=O) groups excluding carboxylic acids is 1. The van der Waals surface area contributed by atoms with Crippen LogP contribution >= 0.6 is 11.3 Å². The molecule has 0 amide bonds. The molecule has 4 rings (SSSR count). The zero-order valence-electron chi connectivity index (χ0n) is 17.9. The van der Waals surface area contributed by atoms with Gasteiger partial charge in [-0.1, -0.05) is 18.2 Å². The Labute approximate surface area is 191 Å². The molecule has 1 heterocycles. The summed E-state index contributed by atoms with van der Waals surface area (Å²) in [6, 6.07) is 18.9. The van der Waals surface area contributed by atoms with Crippen LogP contribution in [0.1, 0.15) is 41.7 Å². The van der Waals surface area contributed by atoms with Crippen LogP contribution in [0, 0.1) is 17.1 Å². The van der Waals surface area contributed by atoms with E-state index in [1.165, 1.54) is 19.2 Å². The molecule has 0 N–H and O–H groups in total. The Morgan fingerprint density at radius 1 is 1.16 bits per heavy atom. The molecule has 1 aliphatic carbocycles. The molecule has 0 unspecified atom stereocenters. The summed E-state index contributed by atoms with van der Waals surface area (Å²) >= 11 is 1.60. The van der Waals surface area contributed by atoms with Crippen LogP contribution in [-0.4, -0.2) is 13.1 Å². The van der Waals surface area contributed by atoms with Gasteiger partial charge >= 0.3 is 5.97 Å². The van der Waals surface area contributed by atoms with Gasteiger partial charge in [0.2, 0.25) is 0 Å². The van der Waals surface area contributed by atoms with Crippen molar-refractivity contribution in [3.05, 3.63) is 76.4 Å². The summed E-state index contributed by atoms with van der Waals surface area (Å²) in [6.07, 6.45) is 3.73. The van der Waals surface area contributed by atoms with Gasteiger partial charge in [0.25, 0.3) is 0 Å². The normalized spacial score (nSPS) is 13.9. The quantitative estimate of drug-likeness (QED) is 0.366. The average molecular weight is 450 g/mol. The second-order valence-corrected chi connectivity index (χ2v) is 9.11. The Balaban J connectivity index is 1.42. The van der Waals surface area contributed by atoms with Gasteiger partial charge < -0.3 is 9.47 Å². The van der Waals surface area contributed by atoms with E-state index in [4.69, 9.17) is 4.74 Å². The van der Waals surface area contributed by atoms with E-state index in [1.807, 2.05) is 36.4 Å². The lowest BCUT2D eigenvalue weighted by atomic mass is 10.1. The fraction of sp³-hybridized carbons (Fsp3) is 0.308. The van der Waals surface area contributed by atoms with Gasteiger partial charge in [-0.2, -0.15) is 5.26 Å². The first-order valence-corrected chi connectivity index (χ1v) is 11.4. The highest BCUT2D eigenvalue weighted by molar-refractivity contribution is 7.15. The molecule has 32 heavy (non-hydrogen) atoms. The average Bonchev–Trinajstić information content (AvgIpc) is 3.46. The molecule has 1 aromatic heterocycles. The molecular formula is C26H24FNO3S. The second kappa shape index (κ2) is 9.54. The van der Waals surface area contributed by atoms with Crippen LogP contribution in [0.4, 0.5) is 4.39 Å². The number of benzene rings is 2. The number of thiophene rings is 1. The first kappa shape index (κ1) is 22.0. The number of carbonyl (C=O) groups is 1. The van der Waals surface area contributed by atoms with E-state index >= 15 is 0 Å². The molecule has 4 nitrogen and oxygen atoms in total. The fourth-order valence-corrected chi connectivity index (χ4v) is 4.92. The summed E-state index contributed by atoms with van der Waals surface area (Å²) in [5.41, 5.74) is 2.49. The summed E-state index contributed by atoms with van der Waals surface area (Å²) in [5.74, 6) is 0.194. The molecule has 1 fully saturated rings. The van der Waals surface area contributed by atoms with Crippen molar-refractivity contribution in [2.75, 3.05) is 7.11 Å². The number of methoxy groups -OCH3 is 1. The maximum atomic E-state index is 14.0. The zero-order valence-corrected chi connectivity index (χ0v) is 18.7.